The Morgan fingerprint density at radius 1 is 1.46 bits per heavy atom. The maximum absolute atomic E-state index is 3.61. The van der Waals surface area contributed by atoms with Crippen LogP contribution < -0.4 is 5.32 Å². The van der Waals surface area contributed by atoms with E-state index in [0.717, 1.165) is 12.0 Å². The van der Waals surface area contributed by atoms with Gasteiger partial charge in [-0.15, -0.1) is 0 Å². The first-order valence-corrected chi connectivity index (χ1v) is 5.78. The molecule has 1 heteroatoms. The fraction of sp³-hybridized carbons (Fsp3) is 1.00. The van der Waals surface area contributed by atoms with Crippen molar-refractivity contribution >= 4 is 0 Å². The lowest BCUT2D eigenvalue weighted by atomic mass is 9.89. The van der Waals surface area contributed by atoms with Gasteiger partial charge in [0.2, 0.25) is 0 Å². The fourth-order valence-corrected chi connectivity index (χ4v) is 2.46. The van der Waals surface area contributed by atoms with Crippen molar-refractivity contribution in [2.75, 3.05) is 6.54 Å². The predicted octanol–water partition coefficient (Wildman–Crippen LogP) is 3.20. The minimum absolute atomic E-state index is 0.604. The molecule has 0 aliphatic heterocycles. The van der Waals surface area contributed by atoms with Crippen LogP contribution in [0.4, 0.5) is 0 Å². The van der Waals surface area contributed by atoms with Crippen molar-refractivity contribution in [3.63, 3.8) is 0 Å². The molecule has 1 fully saturated rings. The Balaban J connectivity index is 2.29. The maximum Gasteiger partial charge on any atom is 0.00671 e. The lowest BCUT2D eigenvalue weighted by Crippen LogP contribution is -2.33. The first-order valence-electron chi connectivity index (χ1n) is 5.78. The normalized spacial score (nSPS) is 29.1. The van der Waals surface area contributed by atoms with Crippen molar-refractivity contribution in [2.45, 2.75) is 59.4 Å². The third-order valence-electron chi connectivity index (χ3n) is 3.43. The van der Waals surface area contributed by atoms with Gasteiger partial charge < -0.3 is 5.32 Å². The van der Waals surface area contributed by atoms with E-state index in [1.165, 1.54) is 32.2 Å². The second-order valence-electron chi connectivity index (χ2n) is 5.41. The summed E-state index contributed by atoms with van der Waals surface area (Å²) in [5, 5.41) is 3.61. The van der Waals surface area contributed by atoms with Gasteiger partial charge in [0.15, 0.2) is 0 Å². The highest BCUT2D eigenvalue weighted by molar-refractivity contribution is 4.86. The van der Waals surface area contributed by atoms with E-state index >= 15 is 0 Å². The topological polar surface area (TPSA) is 12.0 Å². The lowest BCUT2D eigenvalue weighted by Gasteiger charge is -2.22. The molecule has 1 rings (SSSR count). The van der Waals surface area contributed by atoms with Crippen LogP contribution in [-0.4, -0.2) is 12.6 Å². The van der Waals surface area contributed by atoms with Crippen LogP contribution in [0.25, 0.3) is 0 Å². The Morgan fingerprint density at radius 2 is 2.15 bits per heavy atom. The summed E-state index contributed by atoms with van der Waals surface area (Å²) >= 11 is 0. The molecule has 1 N–H and O–H groups in total. The van der Waals surface area contributed by atoms with E-state index < -0.39 is 0 Å². The minimum atomic E-state index is 0.604. The quantitative estimate of drug-likeness (QED) is 0.706. The molecule has 0 aromatic carbocycles. The van der Waals surface area contributed by atoms with E-state index in [0.29, 0.717) is 5.41 Å². The summed E-state index contributed by atoms with van der Waals surface area (Å²) in [6.45, 7) is 10.6. The summed E-state index contributed by atoms with van der Waals surface area (Å²) in [5.41, 5.74) is 0.604. The molecule has 0 heterocycles. The molecule has 1 nitrogen and oxygen atoms in total. The highest BCUT2D eigenvalue weighted by atomic mass is 14.9. The molecule has 13 heavy (non-hydrogen) atoms. The van der Waals surface area contributed by atoms with E-state index in [2.05, 4.69) is 33.0 Å². The molecule has 0 amide bonds. The third kappa shape index (κ3) is 3.30. The fourth-order valence-electron chi connectivity index (χ4n) is 2.46. The maximum atomic E-state index is 3.61. The summed E-state index contributed by atoms with van der Waals surface area (Å²) in [5.74, 6) is 0.918. The van der Waals surface area contributed by atoms with Crippen molar-refractivity contribution in [3.05, 3.63) is 0 Å². The summed E-state index contributed by atoms with van der Waals surface area (Å²) in [7, 11) is 0. The molecular weight excluding hydrogens is 158 g/mol. The average Bonchev–Trinajstić information content (AvgIpc) is 2.42. The summed E-state index contributed by atoms with van der Waals surface area (Å²) in [6.07, 6.45) is 5.49. The Labute approximate surface area is 83.3 Å². The minimum Gasteiger partial charge on any atom is -0.314 e. The molecule has 1 aliphatic carbocycles. The zero-order valence-corrected chi connectivity index (χ0v) is 9.69. The van der Waals surface area contributed by atoms with Crippen molar-refractivity contribution in [1.82, 2.24) is 5.32 Å². The van der Waals surface area contributed by atoms with Crippen LogP contribution in [0.5, 0.6) is 0 Å². The number of hydrogen-bond acceptors (Lipinski definition) is 1. The summed E-state index contributed by atoms with van der Waals surface area (Å²) in [6, 6.07) is 0.724. The zero-order chi connectivity index (χ0) is 9.90. The van der Waals surface area contributed by atoms with Gasteiger partial charge in [0, 0.05) is 6.04 Å². The number of nitrogens with one attached hydrogen (secondary N) is 1. The average molecular weight is 183 g/mol. The van der Waals surface area contributed by atoms with Crippen molar-refractivity contribution in [1.29, 1.82) is 0 Å². The van der Waals surface area contributed by atoms with Gasteiger partial charge in [0.05, 0.1) is 0 Å². The Hall–Kier alpha value is -0.0400. The van der Waals surface area contributed by atoms with Crippen molar-refractivity contribution in [3.8, 4) is 0 Å². The standard InChI is InChI=1S/C12H25N/c1-5-8-13-10(2)11-6-7-12(3,4)9-11/h10-11,13H,5-9H2,1-4H3. The second kappa shape index (κ2) is 4.45. The van der Waals surface area contributed by atoms with Gasteiger partial charge in [-0.2, -0.15) is 0 Å². The predicted molar refractivity (Wildman–Crippen MR) is 58.9 cm³/mol. The molecule has 0 radical (unpaired) electrons. The molecule has 2 unspecified atom stereocenters. The molecular formula is C12H25N. The molecule has 0 saturated heterocycles. The van der Waals surface area contributed by atoms with E-state index in [4.69, 9.17) is 0 Å². The van der Waals surface area contributed by atoms with Crippen molar-refractivity contribution in [2.24, 2.45) is 11.3 Å². The van der Waals surface area contributed by atoms with Gasteiger partial charge in [-0.05, 0) is 50.5 Å². The molecule has 2 atom stereocenters. The van der Waals surface area contributed by atoms with Gasteiger partial charge >= 0.3 is 0 Å². The first kappa shape index (κ1) is 11.0. The zero-order valence-electron chi connectivity index (χ0n) is 9.69. The van der Waals surface area contributed by atoms with Gasteiger partial charge in [-0.25, -0.2) is 0 Å². The van der Waals surface area contributed by atoms with Crippen LogP contribution in [-0.2, 0) is 0 Å². The molecule has 0 bridgehead atoms. The van der Waals surface area contributed by atoms with E-state index in [1.54, 1.807) is 0 Å². The van der Waals surface area contributed by atoms with Crippen LogP contribution in [0.3, 0.4) is 0 Å². The summed E-state index contributed by atoms with van der Waals surface area (Å²) in [4.78, 5) is 0. The van der Waals surface area contributed by atoms with E-state index in [-0.39, 0.29) is 0 Å². The monoisotopic (exact) mass is 183 g/mol. The first-order chi connectivity index (χ1) is 6.05. The van der Waals surface area contributed by atoms with Crippen LogP contribution in [0.1, 0.15) is 53.4 Å². The van der Waals surface area contributed by atoms with Crippen LogP contribution in [0.15, 0.2) is 0 Å². The van der Waals surface area contributed by atoms with Crippen LogP contribution in [0, 0.1) is 11.3 Å². The van der Waals surface area contributed by atoms with Crippen LogP contribution in [0.2, 0.25) is 0 Å². The molecule has 0 aromatic heterocycles. The molecule has 1 aliphatic rings. The second-order valence-corrected chi connectivity index (χ2v) is 5.41. The van der Waals surface area contributed by atoms with Crippen molar-refractivity contribution < 1.29 is 0 Å². The van der Waals surface area contributed by atoms with Gasteiger partial charge in [0.1, 0.15) is 0 Å². The largest absolute Gasteiger partial charge is 0.314 e. The van der Waals surface area contributed by atoms with Crippen LogP contribution >= 0.6 is 0 Å². The van der Waals surface area contributed by atoms with Gasteiger partial charge in [-0.1, -0.05) is 20.8 Å². The highest BCUT2D eigenvalue weighted by Gasteiger charge is 2.33. The molecule has 0 aromatic rings. The number of hydrogen-bond donors (Lipinski definition) is 1. The third-order valence-corrected chi connectivity index (χ3v) is 3.43. The van der Waals surface area contributed by atoms with E-state index in [9.17, 15) is 0 Å². The van der Waals surface area contributed by atoms with E-state index in [1.807, 2.05) is 0 Å². The number of rotatable bonds is 4. The smallest absolute Gasteiger partial charge is 0.00671 e. The highest BCUT2D eigenvalue weighted by Crippen LogP contribution is 2.42. The lowest BCUT2D eigenvalue weighted by molar-refractivity contribution is 0.322. The van der Waals surface area contributed by atoms with Gasteiger partial charge in [-0.3, -0.25) is 0 Å². The SMILES string of the molecule is CCCNC(C)C1CCC(C)(C)C1. The Kier molecular flexibility index (Phi) is 3.78. The Morgan fingerprint density at radius 3 is 2.62 bits per heavy atom. The van der Waals surface area contributed by atoms with Gasteiger partial charge in [0.25, 0.3) is 0 Å². The molecule has 1 saturated carbocycles. The molecule has 0 spiro atoms. The Bertz CT molecular complexity index is 151. The molecule has 78 valence electrons. The summed E-state index contributed by atoms with van der Waals surface area (Å²) < 4.78 is 0.